The first kappa shape index (κ1) is 22.2. The van der Waals surface area contributed by atoms with Gasteiger partial charge in [-0.3, -0.25) is 4.79 Å². The summed E-state index contributed by atoms with van der Waals surface area (Å²) in [6.07, 6.45) is 1.74. The minimum atomic E-state index is -3.52. The fourth-order valence-electron chi connectivity index (χ4n) is 3.66. The maximum atomic E-state index is 12.9. The summed E-state index contributed by atoms with van der Waals surface area (Å²) >= 11 is 0. The molecule has 1 aromatic heterocycles. The third kappa shape index (κ3) is 4.89. The molecule has 1 N–H and O–H groups in total. The molecule has 8 nitrogen and oxygen atoms in total. The summed E-state index contributed by atoms with van der Waals surface area (Å²) in [5, 5.41) is 6.62. The normalized spacial score (nSPS) is 15.6. The Hall–Kier alpha value is -3.04. The average molecular weight is 455 g/mol. The number of amides is 1. The molecule has 1 aliphatic rings. The number of sulfonamides is 1. The predicted octanol–water partition coefficient (Wildman–Crippen LogP) is 3.40. The van der Waals surface area contributed by atoms with E-state index in [1.807, 2.05) is 31.2 Å². The number of rotatable bonds is 6. The van der Waals surface area contributed by atoms with Crippen molar-refractivity contribution in [2.75, 3.05) is 13.1 Å². The van der Waals surface area contributed by atoms with Crippen LogP contribution in [0.25, 0.3) is 11.4 Å². The highest BCUT2D eigenvalue weighted by molar-refractivity contribution is 7.89. The second-order valence-corrected chi connectivity index (χ2v) is 10.1. The Balaban J connectivity index is 1.42. The molecule has 0 unspecified atom stereocenters. The van der Waals surface area contributed by atoms with Crippen molar-refractivity contribution in [2.24, 2.45) is 5.92 Å². The molecule has 0 spiro atoms. The van der Waals surface area contributed by atoms with Gasteiger partial charge in [-0.25, -0.2) is 8.42 Å². The standard InChI is InChI=1S/C23H26N4O4S/c1-16-10-12-27(13-11-16)32(29,30)20-8-6-19(7-9-20)21-25-23(31-26-21)22(28)24-15-18-5-3-4-17(2)14-18/h3-9,14,16H,10-13,15H2,1-2H3,(H,24,28). The summed E-state index contributed by atoms with van der Waals surface area (Å²) in [7, 11) is -3.52. The van der Waals surface area contributed by atoms with E-state index < -0.39 is 15.9 Å². The fraction of sp³-hybridized carbons (Fsp3) is 0.348. The number of benzene rings is 2. The summed E-state index contributed by atoms with van der Waals surface area (Å²) in [6.45, 7) is 5.55. The van der Waals surface area contributed by atoms with Gasteiger partial charge < -0.3 is 9.84 Å². The fourth-order valence-corrected chi connectivity index (χ4v) is 5.13. The van der Waals surface area contributed by atoms with Crippen LogP contribution in [-0.4, -0.2) is 41.9 Å². The highest BCUT2D eigenvalue weighted by Gasteiger charge is 2.28. The highest BCUT2D eigenvalue weighted by Crippen LogP contribution is 2.25. The number of aromatic nitrogens is 2. The third-order valence-electron chi connectivity index (χ3n) is 5.65. The molecule has 9 heteroatoms. The van der Waals surface area contributed by atoms with Crippen LogP contribution in [0.4, 0.5) is 0 Å². The van der Waals surface area contributed by atoms with Gasteiger partial charge in [0.05, 0.1) is 4.90 Å². The molecule has 0 bridgehead atoms. The largest absolute Gasteiger partial charge is 0.344 e. The zero-order chi connectivity index (χ0) is 22.7. The summed E-state index contributed by atoms with van der Waals surface area (Å²) in [6, 6.07) is 14.1. The summed E-state index contributed by atoms with van der Waals surface area (Å²) in [5.74, 6) is 0.155. The SMILES string of the molecule is Cc1cccc(CNC(=O)c2nc(-c3ccc(S(=O)(=O)N4CCC(C)CC4)cc3)no2)c1. The van der Waals surface area contributed by atoms with E-state index in [-0.39, 0.29) is 16.6 Å². The molecule has 1 amide bonds. The molecule has 2 aromatic carbocycles. The van der Waals surface area contributed by atoms with Crippen LogP contribution in [0.5, 0.6) is 0 Å². The van der Waals surface area contributed by atoms with Gasteiger partial charge in [-0.05, 0) is 55.5 Å². The Morgan fingerprint density at radius 1 is 1.16 bits per heavy atom. The molecular formula is C23H26N4O4S. The zero-order valence-electron chi connectivity index (χ0n) is 18.1. The first-order valence-corrected chi connectivity index (χ1v) is 12.0. The van der Waals surface area contributed by atoms with E-state index in [0.717, 1.165) is 24.0 Å². The van der Waals surface area contributed by atoms with E-state index in [2.05, 4.69) is 22.4 Å². The molecule has 0 radical (unpaired) electrons. The number of carbonyl (C=O) groups excluding carboxylic acids is 1. The second kappa shape index (κ2) is 9.22. The lowest BCUT2D eigenvalue weighted by molar-refractivity contribution is 0.0907. The molecule has 2 heterocycles. The number of hydrogen-bond donors (Lipinski definition) is 1. The van der Waals surface area contributed by atoms with E-state index in [1.165, 1.54) is 16.4 Å². The van der Waals surface area contributed by atoms with Crippen LogP contribution in [0.15, 0.2) is 57.9 Å². The summed E-state index contributed by atoms with van der Waals surface area (Å²) in [4.78, 5) is 16.7. The maximum absolute atomic E-state index is 12.9. The predicted molar refractivity (Wildman–Crippen MR) is 119 cm³/mol. The molecule has 1 saturated heterocycles. The van der Waals surface area contributed by atoms with Gasteiger partial charge in [-0.2, -0.15) is 9.29 Å². The number of aryl methyl sites for hydroxylation is 1. The number of nitrogens with one attached hydrogen (secondary N) is 1. The number of piperidine rings is 1. The molecule has 0 saturated carbocycles. The van der Waals surface area contributed by atoms with Crippen molar-refractivity contribution in [1.29, 1.82) is 0 Å². The molecule has 0 aliphatic carbocycles. The van der Waals surface area contributed by atoms with Crippen LogP contribution >= 0.6 is 0 Å². The van der Waals surface area contributed by atoms with Crippen LogP contribution in [0.2, 0.25) is 0 Å². The number of nitrogens with zero attached hydrogens (tertiary/aromatic N) is 3. The minimum absolute atomic E-state index is 0.146. The van der Waals surface area contributed by atoms with Crippen LogP contribution < -0.4 is 5.32 Å². The van der Waals surface area contributed by atoms with Crippen molar-refractivity contribution in [3.8, 4) is 11.4 Å². The number of carbonyl (C=O) groups is 1. The smallest absolute Gasteiger partial charge is 0.316 e. The minimum Gasteiger partial charge on any atom is -0.344 e. The highest BCUT2D eigenvalue weighted by atomic mass is 32.2. The first-order valence-electron chi connectivity index (χ1n) is 10.6. The Labute approximate surface area is 187 Å². The molecule has 0 atom stereocenters. The Morgan fingerprint density at radius 3 is 2.56 bits per heavy atom. The first-order chi connectivity index (χ1) is 15.3. The molecule has 32 heavy (non-hydrogen) atoms. The van der Waals surface area contributed by atoms with Gasteiger partial charge in [0.25, 0.3) is 0 Å². The van der Waals surface area contributed by atoms with Crippen molar-refractivity contribution in [3.63, 3.8) is 0 Å². The van der Waals surface area contributed by atoms with Crippen LogP contribution in [0, 0.1) is 12.8 Å². The van der Waals surface area contributed by atoms with Crippen molar-refractivity contribution >= 4 is 15.9 Å². The second-order valence-electron chi connectivity index (χ2n) is 8.21. The zero-order valence-corrected chi connectivity index (χ0v) is 18.9. The van der Waals surface area contributed by atoms with Gasteiger partial charge in [0.2, 0.25) is 15.8 Å². The van der Waals surface area contributed by atoms with E-state index in [1.54, 1.807) is 12.1 Å². The Kier molecular flexibility index (Phi) is 6.38. The Morgan fingerprint density at radius 2 is 1.88 bits per heavy atom. The van der Waals surface area contributed by atoms with Gasteiger partial charge in [0.15, 0.2) is 0 Å². The third-order valence-corrected chi connectivity index (χ3v) is 7.56. The van der Waals surface area contributed by atoms with Gasteiger partial charge >= 0.3 is 11.8 Å². The van der Waals surface area contributed by atoms with Crippen LogP contribution in [-0.2, 0) is 16.6 Å². The monoisotopic (exact) mass is 454 g/mol. The molecule has 3 aromatic rings. The van der Waals surface area contributed by atoms with Gasteiger partial charge in [-0.15, -0.1) is 0 Å². The molecule has 1 fully saturated rings. The van der Waals surface area contributed by atoms with Crippen molar-refractivity contribution in [3.05, 3.63) is 65.5 Å². The molecule has 1 aliphatic heterocycles. The lowest BCUT2D eigenvalue weighted by Gasteiger charge is -2.29. The quantitative estimate of drug-likeness (QED) is 0.612. The van der Waals surface area contributed by atoms with Crippen molar-refractivity contribution in [1.82, 2.24) is 19.8 Å². The van der Waals surface area contributed by atoms with E-state index in [4.69, 9.17) is 4.52 Å². The average Bonchev–Trinajstić information content (AvgIpc) is 3.28. The van der Waals surface area contributed by atoms with Crippen molar-refractivity contribution in [2.45, 2.75) is 38.1 Å². The molecule has 4 rings (SSSR count). The topological polar surface area (TPSA) is 105 Å². The van der Waals surface area contributed by atoms with E-state index in [0.29, 0.717) is 31.1 Å². The number of hydrogen-bond acceptors (Lipinski definition) is 6. The summed E-state index contributed by atoms with van der Waals surface area (Å²) in [5.41, 5.74) is 2.65. The molecule has 168 valence electrons. The Bertz CT molecular complexity index is 1200. The molecular weight excluding hydrogens is 428 g/mol. The van der Waals surface area contributed by atoms with Crippen LogP contribution in [0.3, 0.4) is 0 Å². The lowest BCUT2D eigenvalue weighted by atomic mass is 10.0. The van der Waals surface area contributed by atoms with Gasteiger partial charge in [-0.1, -0.05) is 41.9 Å². The van der Waals surface area contributed by atoms with E-state index >= 15 is 0 Å². The lowest BCUT2D eigenvalue weighted by Crippen LogP contribution is -2.37. The van der Waals surface area contributed by atoms with Crippen LogP contribution in [0.1, 0.15) is 41.6 Å². The summed E-state index contributed by atoms with van der Waals surface area (Å²) < 4.78 is 32.4. The van der Waals surface area contributed by atoms with Gasteiger partial charge in [0, 0.05) is 25.2 Å². The van der Waals surface area contributed by atoms with Gasteiger partial charge in [0.1, 0.15) is 0 Å². The van der Waals surface area contributed by atoms with E-state index in [9.17, 15) is 13.2 Å². The van der Waals surface area contributed by atoms with Crippen molar-refractivity contribution < 1.29 is 17.7 Å². The maximum Gasteiger partial charge on any atom is 0.316 e.